The van der Waals surface area contributed by atoms with E-state index in [1.54, 1.807) is 18.3 Å². The monoisotopic (exact) mass is 358 g/mol. The molecule has 0 saturated carbocycles. The maximum absolute atomic E-state index is 12.6. The highest BCUT2D eigenvalue weighted by molar-refractivity contribution is 5.76. The van der Waals surface area contributed by atoms with Gasteiger partial charge < -0.3 is 18.9 Å². The average molecular weight is 358 g/mol. The number of piperidine rings is 1. The Kier molecular flexibility index (Phi) is 5.51. The lowest BCUT2D eigenvalue weighted by atomic mass is 9.97. The third-order valence-corrected chi connectivity index (χ3v) is 4.80. The minimum Gasteiger partial charge on any atom is -0.340 e. The Labute approximate surface area is 153 Å². The number of aromatic nitrogens is 4. The maximum Gasteiger partial charge on any atom is 0.250 e. The molecule has 140 valence electrons. The number of likely N-dealkylation sites (tertiary alicyclic amines) is 1. The van der Waals surface area contributed by atoms with E-state index < -0.39 is 0 Å². The zero-order valence-electron chi connectivity index (χ0n) is 15.6. The van der Waals surface area contributed by atoms with E-state index in [-0.39, 0.29) is 23.9 Å². The van der Waals surface area contributed by atoms with Gasteiger partial charge in [0.2, 0.25) is 5.91 Å². The van der Waals surface area contributed by atoms with Crippen LogP contribution < -0.4 is 5.56 Å². The van der Waals surface area contributed by atoms with Crippen molar-refractivity contribution in [3.63, 3.8) is 0 Å². The summed E-state index contributed by atoms with van der Waals surface area (Å²) in [6.45, 7) is 2.15. The molecule has 2 aromatic heterocycles. The van der Waals surface area contributed by atoms with Crippen LogP contribution in [-0.2, 0) is 24.9 Å². The van der Waals surface area contributed by atoms with Crippen LogP contribution in [0.15, 0.2) is 29.2 Å². The molecule has 0 aliphatic carbocycles. The Bertz CT molecular complexity index is 825. The average Bonchev–Trinajstić information content (AvgIpc) is 2.97. The summed E-state index contributed by atoms with van der Waals surface area (Å²) < 4.78 is 3.49. The van der Waals surface area contributed by atoms with Gasteiger partial charge in [-0.2, -0.15) is 0 Å². The Morgan fingerprint density at radius 3 is 2.85 bits per heavy atom. The first-order valence-corrected chi connectivity index (χ1v) is 8.92. The molecule has 3 rings (SSSR count). The second kappa shape index (κ2) is 7.82. The number of amides is 1. The van der Waals surface area contributed by atoms with Crippen molar-refractivity contribution in [2.24, 2.45) is 7.05 Å². The van der Waals surface area contributed by atoms with Gasteiger partial charge in [0.1, 0.15) is 18.2 Å². The summed E-state index contributed by atoms with van der Waals surface area (Å²) >= 11 is 0. The molecule has 1 fully saturated rings. The summed E-state index contributed by atoms with van der Waals surface area (Å²) in [5.74, 6) is 1.99. The molecule has 1 atom stereocenters. The highest BCUT2D eigenvalue weighted by Gasteiger charge is 2.28. The van der Waals surface area contributed by atoms with Crippen LogP contribution >= 0.6 is 0 Å². The molecule has 1 amide bonds. The van der Waals surface area contributed by atoms with Crippen LogP contribution in [0.4, 0.5) is 0 Å². The highest BCUT2D eigenvalue weighted by atomic mass is 16.2. The Morgan fingerprint density at radius 2 is 2.12 bits per heavy atom. The Balaban J connectivity index is 1.69. The lowest BCUT2D eigenvalue weighted by Gasteiger charge is -2.32. The van der Waals surface area contributed by atoms with Gasteiger partial charge in [-0.15, -0.1) is 10.2 Å². The first-order chi connectivity index (χ1) is 12.5. The normalized spacial score (nSPS) is 17.7. The summed E-state index contributed by atoms with van der Waals surface area (Å²) in [7, 11) is 5.99. The number of nitrogens with zero attached hydrogens (tertiary/aromatic N) is 6. The van der Waals surface area contributed by atoms with Crippen molar-refractivity contribution in [1.29, 1.82) is 0 Å². The lowest BCUT2D eigenvalue weighted by Crippen LogP contribution is -2.42. The van der Waals surface area contributed by atoms with Gasteiger partial charge in [-0.25, -0.2) is 0 Å². The Hall–Kier alpha value is -2.48. The zero-order valence-corrected chi connectivity index (χ0v) is 15.6. The predicted molar refractivity (Wildman–Crippen MR) is 97.7 cm³/mol. The zero-order chi connectivity index (χ0) is 18.7. The first-order valence-electron chi connectivity index (χ1n) is 8.92. The number of carbonyl (C=O) groups is 1. The van der Waals surface area contributed by atoms with Crippen LogP contribution in [0.3, 0.4) is 0 Å². The topological polar surface area (TPSA) is 76.3 Å². The molecule has 0 spiro atoms. The van der Waals surface area contributed by atoms with E-state index in [2.05, 4.69) is 15.1 Å². The van der Waals surface area contributed by atoms with E-state index in [0.717, 1.165) is 37.6 Å². The highest BCUT2D eigenvalue weighted by Crippen LogP contribution is 2.26. The summed E-state index contributed by atoms with van der Waals surface area (Å²) in [6, 6.07) is 4.91. The fraction of sp³-hybridized carbons (Fsp3) is 0.556. The summed E-state index contributed by atoms with van der Waals surface area (Å²) in [4.78, 5) is 28.4. The fourth-order valence-electron chi connectivity index (χ4n) is 3.40. The molecule has 2 aromatic rings. The molecule has 0 unspecified atom stereocenters. The van der Waals surface area contributed by atoms with Crippen molar-refractivity contribution in [1.82, 2.24) is 29.1 Å². The van der Waals surface area contributed by atoms with Crippen LogP contribution in [0.1, 0.15) is 30.4 Å². The van der Waals surface area contributed by atoms with Crippen molar-refractivity contribution in [2.45, 2.75) is 31.8 Å². The van der Waals surface area contributed by atoms with Gasteiger partial charge in [0.25, 0.3) is 5.56 Å². The van der Waals surface area contributed by atoms with Crippen molar-refractivity contribution < 1.29 is 4.79 Å². The molecule has 1 saturated heterocycles. The fourth-order valence-corrected chi connectivity index (χ4v) is 3.40. The van der Waals surface area contributed by atoms with E-state index in [9.17, 15) is 9.59 Å². The van der Waals surface area contributed by atoms with Gasteiger partial charge in [-0.05, 0) is 33.0 Å². The number of carbonyl (C=O) groups excluding carboxylic acids is 1. The molecule has 3 heterocycles. The second-order valence-electron chi connectivity index (χ2n) is 7.12. The molecular weight excluding hydrogens is 332 g/mol. The smallest absolute Gasteiger partial charge is 0.250 e. The standard InChI is InChI=1S/C18H26N6O2/c1-21(2)12-15-19-20-18(22(15)3)14-7-6-10-23(11-14)17(26)13-24-9-5-4-8-16(24)25/h4-5,8-9,14H,6-7,10-13H2,1-3H3/t14-/m0/s1. The quantitative estimate of drug-likeness (QED) is 0.775. The summed E-state index contributed by atoms with van der Waals surface area (Å²) in [5.41, 5.74) is -0.156. The van der Waals surface area contributed by atoms with Crippen molar-refractivity contribution in [3.8, 4) is 0 Å². The van der Waals surface area contributed by atoms with Crippen LogP contribution in [0, 0.1) is 0 Å². The molecule has 26 heavy (non-hydrogen) atoms. The second-order valence-corrected chi connectivity index (χ2v) is 7.12. The van der Waals surface area contributed by atoms with Crippen molar-refractivity contribution >= 4 is 5.91 Å². The molecule has 0 bridgehead atoms. The largest absolute Gasteiger partial charge is 0.340 e. The van der Waals surface area contributed by atoms with Crippen LogP contribution in [-0.4, -0.2) is 62.2 Å². The molecular formula is C18H26N6O2. The van der Waals surface area contributed by atoms with Gasteiger partial charge in [0, 0.05) is 38.3 Å². The molecule has 0 N–H and O–H groups in total. The molecule has 1 aliphatic rings. The molecule has 1 aliphatic heterocycles. The van der Waals surface area contributed by atoms with E-state index in [1.165, 1.54) is 10.6 Å². The number of hydrogen-bond acceptors (Lipinski definition) is 5. The maximum atomic E-state index is 12.6. The number of pyridine rings is 1. The lowest BCUT2D eigenvalue weighted by molar-refractivity contribution is -0.133. The van der Waals surface area contributed by atoms with Crippen molar-refractivity contribution in [2.75, 3.05) is 27.2 Å². The van der Waals surface area contributed by atoms with E-state index in [0.29, 0.717) is 6.54 Å². The molecule has 0 aromatic carbocycles. The van der Waals surface area contributed by atoms with Gasteiger partial charge in [-0.3, -0.25) is 9.59 Å². The minimum absolute atomic E-state index is 0.0290. The van der Waals surface area contributed by atoms with Crippen molar-refractivity contribution in [3.05, 3.63) is 46.4 Å². The third kappa shape index (κ3) is 4.01. The molecule has 8 heteroatoms. The van der Waals surface area contributed by atoms with E-state index in [4.69, 9.17) is 0 Å². The SMILES string of the molecule is CN(C)Cc1nnc([C@H]2CCCN(C(=O)Cn3ccccc3=O)C2)n1C. The minimum atomic E-state index is -0.156. The van der Waals surface area contributed by atoms with Crippen LogP contribution in [0.2, 0.25) is 0 Å². The van der Waals surface area contributed by atoms with Gasteiger partial charge in [0.15, 0.2) is 0 Å². The Morgan fingerprint density at radius 1 is 1.31 bits per heavy atom. The van der Waals surface area contributed by atoms with Gasteiger partial charge in [0.05, 0.1) is 6.54 Å². The number of hydrogen-bond donors (Lipinski definition) is 0. The summed E-state index contributed by atoms with van der Waals surface area (Å²) in [6.07, 6.45) is 3.57. The third-order valence-electron chi connectivity index (χ3n) is 4.80. The molecule has 0 radical (unpaired) electrons. The number of rotatable bonds is 5. The van der Waals surface area contributed by atoms with E-state index >= 15 is 0 Å². The van der Waals surface area contributed by atoms with Gasteiger partial charge >= 0.3 is 0 Å². The summed E-state index contributed by atoms with van der Waals surface area (Å²) in [5, 5.41) is 8.68. The van der Waals surface area contributed by atoms with E-state index in [1.807, 2.05) is 30.6 Å². The van der Waals surface area contributed by atoms with Crippen LogP contribution in [0.5, 0.6) is 0 Å². The van der Waals surface area contributed by atoms with Crippen LogP contribution in [0.25, 0.3) is 0 Å². The van der Waals surface area contributed by atoms with Gasteiger partial charge in [-0.1, -0.05) is 6.07 Å². The predicted octanol–water partition coefficient (Wildman–Crippen LogP) is 0.445. The molecule has 8 nitrogen and oxygen atoms in total. The first kappa shape index (κ1) is 18.3.